The molecule has 0 bridgehead atoms. The Kier molecular flexibility index (Phi) is 7.22. The predicted molar refractivity (Wildman–Crippen MR) is 134 cm³/mol. The summed E-state index contributed by atoms with van der Waals surface area (Å²) < 4.78 is 34.8. The number of methoxy groups -OCH3 is 1. The zero-order chi connectivity index (χ0) is 24.1. The van der Waals surface area contributed by atoms with Crippen LogP contribution in [0.25, 0.3) is 0 Å². The molecule has 34 heavy (non-hydrogen) atoms. The monoisotopic (exact) mass is 478 g/mol. The zero-order valence-electron chi connectivity index (χ0n) is 19.6. The molecule has 1 aliphatic heterocycles. The van der Waals surface area contributed by atoms with E-state index < -0.39 is 10.0 Å². The van der Waals surface area contributed by atoms with Crippen LogP contribution in [0.15, 0.2) is 83.8 Å². The number of likely N-dealkylation sites (tertiary alicyclic amines) is 1. The summed E-state index contributed by atoms with van der Waals surface area (Å²) >= 11 is 0. The number of benzene rings is 3. The van der Waals surface area contributed by atoms with Gasteiger partial charge in [0.25, 0.3) is 15.9 Å². The average molecular weight is 479 g/mol. The maximum absolute atomic E-state index is 14.0. The van der Waals surface area contributed by atoms with Crippen molar-refractivity contribution in [1.29, 1.82) is 0 Å². The maximum atomic E-state index is 14.0. The van der Waals surface area contributed by atoms with Crippen molar-refractivity contribution in [3.8, 4) is 5.75 Å². The molecule has 1 amide bonds. The molecule has 1 unspecified atom stereocenters. The zero-order valence-corrected chi connectivity index (χ0v) is 20.4. The number of hydrogen-bond acceptors (Lipinski definition) is 4. The van der Waals surface area contributed by atoms with Gasteiger partial charge in [-0.2, -0.15) is 0 Å². The van der Waals surface area contributed by atoms with Gasteiger partial charge in [-0.1, -0.05) is 48.5 Å². The molecule has 6 nitrogen and oxygen atoms in total. The average Bonchev–Trinajstić information content (AvgIpc) is 2.88. The van der Waals surface area contributed by atoms with Crippen LogP contribution in [0.1, 0.15) is 42.1 Å². The second-order valence-corrected chi connectivity index (χ2v) is 10.4. The normalized spacial score (nSPS) is 16.2. The number of rotatable bonds is 7. The van der Waals surface area contributed by atoms with Crippen LogP contribution in [0.5, 0.6) is 5.75 Å². The highest BCUT2D eigenvalue weighted by molar-refractivity contribution is 7.92. The van der Waals surface area contributed by atoms with Gasteiger partial charge in [-0.05, 0) is 62.1 Å². The molecule has 3 aromatic carbocycles. The second kappa shape index (κ2) is 10.3. The quantitative estimate of drug-likeness (QED) is 0.474. The van der Waals surface area contributed by atoms with E-state index in [4.69, 9.17) is 4.74 Å². The van der Waals surface area contributed by atoms with Crippen LogP contribution in [0.4, 0.5) is 5.69 Å². The van der Waals surface area contributed by atoms with Crippen LogP contribution >= 0.6 is 0 Å². The van der Waals surface area contributed by atoms with Gasteiger partial charge in [-0.15, -0.1) is 0 Å². The van der Waals surface area contributed by atoms with E-state index in [1.165, 1.54) is 17.5 Å². The lowest BCUT2D eigenvalue weighted by Gasteiger charge is -2.33. The van der Waals surface area contributed by atoms with Crippen molar-refractivity contribution >= 4 is 21.6 Å². The van der Waals surface area contributed by atoms with Crippen LogP contribution in [-0.2, 0) is 16.6 Å². The van der Waals surface area contributed by atoms with Gasteiger partial charge in [0, 0.05) is 18.2 Å². The van der Waals surface area contributed by atoms with Crippen molar-refractivity contribution in [1.82, 2.24) is 4.90 Å². The Labute approximate surface area is 201 Å². The highest BCUT2D eigenvalue weighted by atomic mass is 32.2. The third kappa shape index (κ3) is 4.94. The van der Waals surface area contributed by atoms with E-state index in [1.807, 2.05) is 42.2 Å². The number of para-hydroxylation sites is 2. The van der Waals surface area contributed by atoms with E-state index in [9.17, 15) is 13.2 Å². The lowest BCUT2D eigenvalue weighted by atomic mass is 10.0. The Morgan fingerprint density at radius 1 is 1.00 bits per heavy atom. The first-order valence-electron chi connectivity index (χ1n) is 11.5. The Balaban J connectivity index is 1.74. The third-order valence-corrected chi connectivity index (χ3v) is 8.01. The van der Waals surface area contributed by atoms with E-state index in [2.05, 4.69) is 0 Å². The molecule has 4 rings (SSSR count). The van der Waals surface area contributed by atoms with Crippen molar-refractivity contribution in [2.45, 2.75) is 43.7 Å². The fourth-order valence-electron chi connectivity index (χ4n) is 4.37. The molecule has 1 heterocycles. The minimum Gasteiger partial charge on any atom is -0.495 e. The third-order valence-electron chi connectivity index (χ3n) is 6.26. The summed E-state index contributed by atoms with van der Waals surface area (Å²) in [6.07, 6.45) is 3.03. The Morgan fingerprint density at radius 3 is 2.47 bits per heavy atom. The molecule has 0 saturated carbocycles. The first-order chi connectivity index (χ1) is 16.4. The fraction of sp³-hybridized carbons (Fsp3) is 0.296. The Bertz CT molecular complexity index is 1240. The lowest BCUT2D eigenvalue weighted by molar-refractivity contribution is 0.0635. The molecule has 1 aliphatic rings. The number of amides is 1. The highest BCUT2D eigenvalue weighted by Gasteiger charge is 2.30. The molecule has 7 heteroatoms. The molecular weight excluding hydrogens is 448 g/mol. The maximum Gasteiger partial charge on any atom is 0.264 e. The number of sulfonamides is 1. The second-order valence-electron chi connectivity index (χ2n) is 8.54. The molecule has 0 spiro atoms. The van der Waals surface area contributed by atoms with E-state index in [1.54, 1.807) is 42.5 Å². The Hall–Kier alpha value is -3.32. The van der Waals surface area contributed by atoms with Crippen LogP contribution in [0, 0.1) is 0 Å². The SMILES string of the molecule is COc1ccccc1N(Cc1ccccc1)S(=O)(=O)c1cccc(C(=O)N2CCCCC2C)c1. The minimum atomic E-state index is -4.00. The highest BCUT2D eigenvalue weighted by Crippen LogP contribution is 2.34. The van der Waals surface area contributed by atoms with Crippen molar-refractivity contribution in [2.75, 3.05) is 18.0 Å². The predicted octanol–water partition coefficient (Wildman–Crippen LogP) is 5.11. The van der Waals surface area contributed by atoms with E-state index in [0.29, 0.717) is 23.5 Å². The topological polar surface area (TPSA) is 66.9 Å². The van der Waals surface area contributed by atoms with Gasteiger partial charge in [0.2, 0.25) is 0 Å². The molecule has 0 radical (unpaired) electrons. The largest absolute Gasteiger partial charge is 0.495 e. The van der Waals surface area contributed by atoms with Gasteiger partial charge < -0.3 is 9.64 Å². The van der Waals surface area contributed by atoms with Gasteiger partial charge in [-0.25, -0.2) is 8.42 Å². The number of carbonyl (C=O) groups is 1. The number of anilines is 1. The summed E-state index contributed by atoms with van der Waals surface area (Å²) in [5, 5.41) is 0. The molecule has 1 atom stereocenters. The van der Waals surface area contributed by atoms with E-state index in [-0.39, 0.29) is 23.4 Å². The van der Waals surface area contributed by atoms with Crippen molar-refractivity contribution in [3.05, 3.63) is 90.0 Å². The van der Waals surface area contributed by atoms with Gasteiger partial charge >= 0.3 is 0 Å². The Morgan fingerprint density at radius 2 is 1.74 bits per heavy atom. The summed E-state index contributed by atoms with van der Waals surface area (Å²) in [5.74, 6) is 0.326. The minimum absolute atomic E-state index is 0.0739. The molecule has 3 aromatic rings. The van der Waals surface area contributed by atoms with Gasteiger partial charge in [-0.3, -0.25) is 9.10 Å². The lowest BCUT2D eigenvalue weighted by Crippen LogP contribution is -2.42. The van der Waals surface area contributed by atoms with Crippen molar-refractivity contribution in [3.63, 3.8) is 0 Å². The summed E-state index contributed by atoms with van der Waals surface area (Å²) in [6, 6.07) is 23.0. The number of nitrogens with zero attached hydrogens (tertiary/aromatic N) is 2. The smallest absolute Gasteiger partial charge is 0.264 e. The summed E-state index contributed by atoms with van der Waals surface area (Å²) in [7, 11) is -2.48. The molecule has 0 N–H and O–H groups in total. The van der Waals surface area contributed by atoms with Crippen LogP contribution in [-0.4, -0.2) is 38.9 Å². The van der Waals surface area contributed by atoms with Crippen molar-refractivity contribution < 1.29 is 17.9 Å². The molecule has 1 fully saturated rings. The molecule has 0 aliphatic carbocycles. The first kappa shape index (κ1) is 23.8. The number of ether oxygens (including phenoxy) is 1. The van der Waals surface area contributed by atoms with Crippen LogP contribution in [0.2, 0.25) is 0 Å². The summed E-state index contributed by atoms with van der Waals surface area (Å²) in [6.45, 7) is 2.87. The molecule has 1 saturated heterocycles. The first-order valence-corrected chi connectivity index (χ1v) is 13.0. The van der Waals surface area contributed by atoms with Gasteiger partial charge in [0.1, 0.15) is 5.75 Å². The molecule has 178 valence electrons. The summed E-state index contributed by atoms with van der Waals surface area (Å²) in [4.78, 5) is 15.1. The van der Waals surface area contributed by atoms with Crippen molar-refractivity contribution in [2.24, 2.45) is 0 Å². The molecule has 0 aromatic heterocycles. The standard InChI is InChI=1S/C27H30N2O4S/c1-21-11-8-9-18-28(21)27(30)23-14-10-15-24(19-23)34(31,32)29(20-22-12-4-3-5-13-22)25-16-6-7-17-26(25)33-2/h3-7,10,12-17,19,21H,8-9,11,18,20H2,1-2H3. The fourth-order valence-corrected chi connectivity index (χ4v) is 5.88. The van der Waals surface area contributed by atoms with E-state index in [0.717, 1.165) is 24.8 Å². The summed E-state index contributed by atoms with van der Waals surface area (Å²) in [5.41, 5.74) is 1.66. The molecular formula is C27H30N2O4S. The van der Waals surface area contributed by atoms with E-state index >= 15 is 0 Å². The van der Waals surface area contributed by atoms with Crippen LogP contribution < -0.4 is 9.04 Å². The van der Waals surface area contributed by atoms with Gasteiger partial charge in [0.15, 0.2) is 0 Å². The van der Waals surface area contributed by atoms with Crippen LogP contribution in [0.3, 0.4) is 0 Å². The number of piperidine rings is 1. The number of hydrogen-bond donors (Lipinski definition) is 0. The number of carbonyl (C=O) groups excluding carboxylic acids is 1. The van der Waals surface area contributed by atoms with Gasteiger partial charge in [0.05, 0.1) is 24.2 Å².